The van der Waals surface area contributed by atoms with E-state index in [4.69, 9.17) is 5.11 Å². The molecule has 16 heavy (non-hydrogen) atoms. The highest BCUT2D eigenvalue weighted by atomic mass is 16.4. The number of aliphatic carboxylic acids is 1. The summed E-state index contributed by atoms with van der Waals surface area (Å²) in [5.74, 6) is -0.375. The molecule has 0 aromatic carbocycles. The molecule has 0 bridgehead atoms. The maximum atomic E-state index is 11.8. The Morgan fingerprint density at radius 1 is 1.44 bits per heavy atom. The molecule has 1 aliphatic rings. The van der Waals surface area contributed by atoms with Gasteiger partial charge in [0.2, 0.25) is 5.91 Å². The smallest absolute Gasteiger partial charge is 0.303 e. The first-order valence-electron chi connectivity index (χ1n) is 5.70. The Balaban J connectivity index is 2.39. The Labute approximate surface area is 95.9 Å². The monoisotopic (exact) mass is 225 g/mol. The summed E-state index contributed by atoms with van der Waals surface area (Å²) in [6.07, 6.45) is 4.88. The number of hydrogen-bond acceptors (Lipinski definition) is 2. The first-order chi connectivity index (χ1) is 7.52. The van der Waals surface area contributed by atoms with Crippen molar-refractivity contribution in [3.63, 3.8) is 0 Å². The lowest BCUT2D eigenvalue weighted by atomic mass is 10.0. The average molecular weight is 225 g/mol. The van der Waals surface area contributed by atoms with Crippen LogP contribution in [0, 0.1) is 5.92 Å². The summed E-state index contributed by atoms with van der Waals surface area (Å²) >= 11 is 0. The van der Waals surface area contributed by atoms with Crippen molar-refractivity contribution in [1.29, 1.82) is 0 Å². The number of carboxylic acids is 1. The first kappa shape index (κ1) is 12.7. The van der Waals surface area contributed by atoms with Crippen molar-refractivity contribution in [2.45, 2.75) is 39.2 Å². The van der Waals surface area contributed by atoms with Gasteiger partial charge in [-0.05, 0) is 12.3 Å². The van der Waals surface area contributed by atoms with Gasteiger partial charge in [0.05, 0.1) is 6.04 Å². The molecule has 1 N–H and O–H groups in total. The van der Waals surface area contributed by atoms with Gasteiger partial charge >= 0.3 is 5.97 Å². The number of carboxylic acid groups (broad SMARTS) is 1. The number of carbonyl (C=O) groups is 2. The Morgan fingerprint density at radius 3 is 2.69 bits per heavy atom. The Hall–Kier alpha value is -1.32. The van der Waals surface area contributed by atoms with E-state index in [1.807, 2.05) is 11.0 Å². The predicted octanol–water partition coefficient (Wildman–Crippen LogP) is 1.66. The lowest BCUT2D eigenvalue weighted by Crippen LogP contribution is -2.38. The molecule has 0 aliphatic carbocycles. The molecule has 4 nitrogen and oxygen atoms in total. The SMILES string of the molecule is CC(C)[C@H]1C=CCN1C(=O)CCCC(=O)O. The van der Waals surface area contributed by atoms with E-state index in [1.54, 1.807) is 0 Å². The quantitative estimate of drug-likeness (QED) is 0.724. The van der Waals surface area contributed by atoms with Crippen molar-refractivity contribution in [1.82, 2.24) is 4.90 Å². The molecule has 0 radical (unpaired) electrons. The molecule has 0 saturated carbocycles. The Morgan fingerprint density at radius 2 is 2.12 bits per heavy atom. The van der Waals surface area contributed by atoms with Crippen LogP contribution in [0.15, 0.2) is 12.2 Å². The van der Waals surface area contributed by atoms with E-state index in [-0.39, 0.29) is 18.4 Å². The third-order valence-corrected chi connectivity index (χ3v) is 2.78. The van der Waals surface area contributed by atoms with E-state index in [1.165, 1.54) is 0 Å². The van der Waals surface area contributed by atoms with Gasteiger partial charge < -0.3 is 10.0 Å². The van der Waals surface area contributed by atoms with Gasteiger partial charge in [-0.2, -0.15) is 0 Å². The van der Waals surface area contributed by atoms with E-state index in [0.29, 0.717) is 25.3 Å². The number of amides is 1. The summed E-state index contributed by atoms with van der Waals surface area (Å²) in [4.78, 5) is 24.0. The largest absolute Gasteiger partial charge is 0.481 e. The van der Waals surface area contributed by atoms with Crippen molar-refractivity contribution >= 4 is 11.9 Å². The molecule has 0 fully saturated rings. The van der Waals surface area contributed by atoms with Crippen molar-refractivity contribution in [3.05, 3.63) is 12.2 Å². The van der Waals surface area contributed by atoms with Crippen molar-refractivity contribution in [2.75, 3.05) is 6.54 Å². The second-order valence-corrected chi connectivity index (χ2v) is 4.46. The summed E-state index contributed by atoms with van der Waals surface area (Å²) in [6.45, 7) is 4.82. The minimum Gasteiger partial charge on any atom is -0.481 e. The zero-order valence-corrected chi connectivity index (χ0v) is 9.85. The van der Waals surface area contributed by atoms with Gasteiger partial charge in [0, 0.05) is 19.4 Å². The molecule has 0 spiro atoms. The second-order valence-electron chi connectivity index (χ2n) is 4.46. The van der Waals surface area contributed by atoms with Crippen LogP contribution in [-0.4, -0.2) is 34.5 Å². The molecule has 90 valence electrons. The second kappa shape index (κ2) is 5.68. The van der Waals surface area contributed by atoms with Gasteiger partial charge in [0.15, 0.2) is 0 Å². The van der Waals surface area contributed by atoms with E-state index in [9.17, 15) is 9.59 Å². The Bertz CT molecular complexity index is 297. The van der Waals surface area contributed by atoms with E-state index in [0.717, 1.165) is 0 Å². The highest BCUT2D eigenvalue weighted by Gasteiger charge is 2.26. The standard InChI is InChI=1S/C12H19NO3/c1-9(2)10-5-4-8-13(10)11(14)6-3-7-12(15)16/h4-5,9-10H,3,6-8H2,1-2H3,(H,15,16)/t10-/m1/s1. The lowest BCUT2D eigenvalue weighted by Gasteiger charge is -2.27. The molecule has 1 heterocycles. The summed E-state index contributed by atoms with van der Waals surface area (Å²) in [7, 11) is 0. The molecule has 4 heteroatoms. The highest BCUT2D eigenvalue weighted by Crippen LogP contribution is 2.19. The van der Waals surface area contributed by atoms with Gasteiger partial charge in [-0.1, -0.05) is 26.0 Å². The van der Waals surface area contributed by atoms with E-state index in [2.05, 4.69) is 19.9 Å². The van der Waals surface area contributed by atoms with E-state index < -0.39 is 5.97 Å². The molecular formula is C12H19NO3. The topological polar surface area (TPSA) is 57.6 Å². The molecule has 0 aromatic heterocycles. The van der Waals surface area contributed by atoms with Crippen LogP contribution < -0.4 is 0 Å². The van der Waals surface area contributed by atoms with Crippen LogP contribution >= 0.6 is 0 Å². The number of rotatable bonds is 5. The lowest BCUT2D eigenvalue weighted by molar-refractivity contribution is -0.137. The van der Waals surface area contributed by atoms with Crippen LogP contribution in [0.4, 0.5) is 0 Å². The molecule has 0 saturated heterocycles. The third-order valence-electron chi connectivity index (χ3n) is 2.78. The first-order valence-corrected chi connectivity index (χ1v) is 5.70. The predicted molar refractivity (Wildman–Crippen MR) is 61.0 cm³/mol. The average Bonchev–Trinajstić information content (AvgIpc) is 2.65. The fourth-order valence-electron chi connectivity index (χ4n) is 1.92. The summed E-state index contributed by atoms with van der Waals surface area (Å²) < 4.78 is 0. The van der Waals surface area contributed by atoms with Crippen LogP contribution in [-0.2, 0) is 9.59 Å². The van der Waals surface area contributed by atoms with Crippen LogP contribution in [0.3, 0.4) is 0 Å². The van der Waals surface area contributed by atoms with Crippen molar-refractivity contribution in [2.24, 2.45) is 5.92 Å². The zero-order chi connectivity index (χ0) is 12.1. The van der Waals surface area contributed by atoms with Gasteiger partial charge in [-0.25, -0.2) is 0 Å². The van der Waals surface area contributed by atoms with Crippen LogP contribution in [0.2, 0.25) is 0 Å². The maximum Gasteiger partial charge on any atom is 0.303 e. The molecule has 1 amide bonds. The van der Waals surface area contributed by atoms with Gasteiger partial charge in [-0.15, -0.1) is 0 Å². The molecule has 1 atom stereocenters. The highest BCUT2D eigenvalue weighted by molar-refractivity contribution is 5.78. The van der Waals surface area contributed by atoms with Crippen LogP contribution in [0.1, 0.15) is 33.1 Å². The van der Waals surface area contributed by atoms with Crippen LogP contribution in [0.5, 0.6) is 0 Å². The molecular weight excluding hydrogens is 206 g/mol. The fraction of sp³-hybridized carbons (Fsp3) is 0.667. The molecule has 1 aliphatic heterocycles. The van der Waals surface area contributed by atoms with Crippen molar-refractivity contribution < 1.29 is 14.7 Å². The summed E-state index contributed by atoms with van der Waals surface area (Å²) in [5.41, 5.74) is 0. The zero-order valence-electron chi connectivity index (χ0n) is 9.85. The van der Waals surface area contributed by atoms with Gasteiger partial charge in [-0.3, -0.25) is 9.59 Å². The van der Waals surface area contributed by atoms with Gasteiger partial charge in [0.1, 0.15) is 0 Å². The molecule has 0 unspecified atom stereocenters. The third kappa shape index (κ3) is 3.36. The molecule has 1 rings (SSSR count). The van der Waals surface area contributed by atoms with Crippen LogP contribution in [0.25, 0.3) is 0 Å². The minimum atomic E-state index is -0.840. The number of hydrogen-bond donors (Lipinski definition) is 1. The summed E-state index contributed by atoms with van der Waals surface area (Å²) in [5, 5.41) is 8.49. The van der Waals surface area contributed by atoms with E-state index >= 15 is 0 Å². The number of nitrogens with zero attached hydrogens (tertiary/aromatic N) is 1. The summed E-state index contributed by atoms with van der Waals surface area (Å²) in [6, 6.07) is 0.178. The molecule has 0 aromatic rings. The van der Waals surface area contributed by atoms with Crippen molar-refractivity contribution in [3.8, 4) is 0 Å². The number of carbonyl (C=O) groups excluding carboxylic acids is 1. The van der Waals surface area contributed by atoms with Gasteiger partial charge in [0.25, 0.3) is 0 Å². The normalized spacial score (nSPS) is 19.4. The Kier molecular flexibility index (Phi) is 4.52. The maximum absolute atomic E-state index is 11.8. The fourth-order valence-corrected chi connectivity index (χ4v) is 1.92. The minimum absolute atomic E-state index is 0.0601.